The van der Waals surface area contributed by atoms with Crippen LogP contribution in [0.5, 0.6) is 0 Å². The molecule has 4 rings (SSSR count). The maximum Gasteiger partial charge on any atom is 0.125 e. The first-order valence-electron chi connectivity index (χ1n) is 5.68. The number of aromatic nitrogens is 1. The number of rotatable bonds is 0. The van der Waals surface area contributed by atoms with Gasteiger partial charge in [0.25, 0.3) is 0 Å². The molecule has 4 aromatic rings. The van der Waals surface area contributed by atoms with Crippen LogP contribution >= 0.6 is 22.9 Å². The molecule has 2 aromatic heterocycles. The molecule has 0 atom stereocenters. The maximum absolute atomic E-state index is 6.05. The van der Waals surface area contributed by atoms with Gasteiger partial charge in [0.05, 0.1) is 0 Å². The van der Waals surface area contributed by atoms with E-state index in [1.165, 1.54) is 26.2 Å². The molecule has 0 unspecified atom stereocenters. The molecule has 0 fully saturated rings. The minimum Gasteiger partial charge on any atom is -0.245 e. The molecule has 0 spiro atoms. The molecule has 0 N–H and O–H groups in total. The molecule has 18 heavy (non-hydrogen) atoms. The van der Waals surface area contributed by atoms with Crippen LogP contribution in [0.15, 0.2) is 48.7 Å². The van der Waals surface area contributed by atoms with Crippen LogP contribution in [0.4, 0.5) is 0 Å². The molecule has 2 heterocycles. The largest absolute Gasteiger partial charge is 0.245 e. The highest BCUT2D eigenvalue weighted by molar-refractivity contribution is 7.25. The number of fused-ring (bicyclic) bond motifs is 5. The van der Waals surface area contributed by atoms with E-state index in [-0.39, 0.29) is 0 Å². The summed E-state index contributed by atoms with van der Waals surface area (Å²) in [7, 11) is 0. The molecule has 0 aliphatic carbocycles. The highest BCUT2D eigenvalue weighted by Crippen LogP contribution is 2.37. The van der Waals surface area contributed by atoms with Crippen molar-refractivity contribution in [1.82, 2.24) is 4.98 Å². The lowest BCUT2D eigenvalue weighted by Gasteiger charge is -1.99. The van der Waals surface area contributed by atoms with Crippen molar-refractivity contribution >= 4 is 54.0 Å². The Morgan fingerprint density at radius 2 is 1.89 bits per heavy atom. The summed E-state index contributed by atoms with van der Waals surface area (Å²) in [5.74, 6) is 0. The second-order valence-corrected chi connectivity index (χ2v) is 5.74. The van der Waals surface area contributed by atoms with Gasteiger partial charge in [-0.2, -0.15) is 0 Å². The van der Waals surface area contributed by atoms with Gasteiger partial charge in [-0.15, -0.1) is 11.3 Å². The van der Waals surface area contributed by atoms with Crippen molar-refractivity contribution in [2.24, 2.45) is 0 Å². The molecule has 0 saturated heterocycles. The Morgan fingerprint density at radius 3 is 2.83 bits per heavy atom. The SMILES string of the molecule is Clc1ccc2c(c1)sc1ncc3ccccc3c12. The summed E-state index contributed by atoms with van der Waals surface area (Å²) >= 11 is 7.75. The molecule has 0 bridgehead atoms. The zero-order chi connectivity index (χ0) is 12.1. The molecule has 0 radical (unpaired) electrons. The summed E-state index contributed by atoms with van der Waals surface area (Å²) in [5, 5.41) is 5.70. The highest BCUT2D eigenvalue weighted by atomic mass is 35.5. The van der Waals surface area contributed by atoms with E-state index in [9.17, 15) is 0 Å². The maximum atomic E-state index is 6.05. The number of pyridine rings is 1. The first kappa shape index (κ1) is 10.3. The fraction of sp³-hybridized carbons (Fsp3) is 0. The first-order valence-corrected chi connectivity index (χ1v) is 6.88. The van der Waals surface area contributed by atoms with Crippen LogP contribution in [0.25, 0.3) is 31.1 Å². The van der Waals surface area contributed by atoms with Gasteiger partial charge in [-0.1, -0.05) is 41.9 Å². The van der Waals surface area contributed by atoms with E-state index in [1.807, 2.05) is 24.4 Å². The standard InChI is InChI=1S/C15H8ClNS/c16-10-5-6-12-13(7-10)18-15-14(12)11-4-2-1-3-9(11)8-17-15/h1-8H. The molecule has 86 valence electrons. The monoisotopic (exact) mass is 269 g/mol. The van der Waals surface area contributed by atoms with Crippen LogP contribution in [-0.4, -0.2) is 4.98 Å². The second-order valence-electron chi connectivity index (χ2n) is 4.27. The third-order valence-electron chi connectivity index (χ3n) is 3.18. The lowest BCUT2D eigenvalue weighted by molar-refractivity contribution is 1.48. The van der Waals surface area contributed by atoms with Gasteiger partial charge < -0.3 is 0 Å². The number of benzene rings is 2. The van der Waals surface area contributed by atoms with Crippen LogP contribution in [0.3, 0.4) is 0 Å². The Hall–Kier alpha value is -1.64. The van der Waals surface area contributed by atoms with Crippen LogP contribution < -0.4 is 0 Å². The van der Waals surface area contributed by atoms with Gasteiger partial charge in [-0.3, -0.25) is 0 Å². The Balaban J connectivity index is 2.33. The van der Waals surface area contributed by atoms with E-state index < -0.39 is 0 Å². The topological polar surface area (TPSA) is 12.9 Å². The lowest BCUT2D eigenvalue weighted by Crippen LogP contribution is -1.77. The van der Waals surface area contributed by atoms with Crippen LogP contribution in [0, 0.1) is 0 Å². The van der Waals surface area contributed by atoms with E-state index >= 15 is 0 Å². The van der Waals surface area contributed by atoms with Crippen molar-refractivity contribution in [3.05, 3.63) is 53.7 Å². The predicted octanol–water partition coefficient (Wildman–Crippen LogP) is 5.26. The summed E-state index contributed by atoms with van der Waals surface area (Å²) < 4.78 is 1.20. The molecule has 0 aliphatic rings. The van der Waals surface area contributed by atoms with Crippen LogP contribution in [0.1, 0.15) is 0 Å². The average Bonchev–Trinajstić information content (AvgIpc) is 2.76. The van der Waals surface area contributed by atoms with Gasteiger partial charge in [-0.25, -0.2) is 4.98 Å². The zero-order valence-corrected chi connectivity index (χ0v) is 10.9. The zero-order valence-electron chi connectivity index (χ0n) is 9.35. The predicted molar refractivity (Wildman–Crippen MR) is 79.6 cm³/mol. The summed E-state index contributed by atoms with van der Waals surface area (Å²) in [5.41, 5.74) is 0. The van der Waals surface area contributed by atoms with Gasteiger partial charge in [0, 0.05) is 32.1 Å². The Morgan fingerprint density at radius 1 is 1.00 bits per heavy atom. The number of nitrogens with zero attached hydrogens (tertiary/aromatic N) is 1. The van der Waals surface area contributed by atoms with Gasteiger partial charge in [0.1, 0.15) is 4.83 Å². The van der Waals surface area contributed by atoms with Gasteiger partial charge in [0.15, 0.2) is 0 Å². The molecule has 0 aliphatic heterocycles. The summed E-state index contributed by atoms with van der Waals surface area (Å²) in [6.45, 7) is 0. The van der Waals surface area contributed by atoms with E-state index in [0.717, 1.165) is 9.85 Å². The van der Waals surface area contributed by atoms with Gasteiger partial charge >= 0.3 is 0 Å². The van der Waals surface area contributed by atoms with Crippen molar-refractivity contribution < 1.29 is 0 Å². The fourth-order valence-corrected chi connectivity index (χ4v) is 3.71. The average molecular weight is 270 g/mol. The quantitative estimate of drug-likeness (QED) is 0.424. The number of hydrogen-bond acceptors (Lipinski definition) is 2. The lowest BCUT2D eigenvalue weighted by atomic mass is 10.1. The molecule has 1 nitrogen and oxygen atoms in total. The van der Waals surface area contributed by atoms with E-state index in [2.05, 4.69) is 29.2 Å². The van der Waals surface area contributed by atoms with Crippen molar-refractivity contribution in [3.63, 3.8) is 0 Å². The minimum atomic E-state index is 0.776. The second kappa shape index (κ2) is 3.67. The van der Waals surface area contributed by atoms with Crippen molar-refractivity contribution in [1.29, 1.82) is 0 Å². The van der Waals surface area contributed by atoms with Crippen molar-refractivity contribution in [2.75, 3.05) is 0 Å². The third-order valence-corrected chi connectivity index (χ3v) is 4.48. The minimum absolute atomic E-state index is 0.776. The highest BCUT2D eigenvalue weighted by Gasteiger charge is 2.09. The van der Waals surface area contributed by atoms with Crippen LogP contribution in [0.2, 0.25) is 5.02 Å². The number of thiophene rings is 1. The molecule has 2 aromatic carbocycles. The van der Waals surface area contributed by atoms with Gasteiger partial charge in [-0.05, 0) is 17.5 Å². The Kier molecular flexibility index (Phi) is 2.10. The van der Waals surface area contributed by atoms with E-state index in [4.69, 9.17) is 11.6 Å². The molecule has 0 amide bonds. The molecular formula is C15H8ClNS. The Labute approximate surface area is 113 Å². The van der Waals surface area contributed by atoms with Crippen molar-refractivity contribution in [3.8, 4) is 0 Å². The fourth-order valence-electron chi connectivity index (χ4n) is 2.37. The number of hydrogen-bond donors (Lipinski definition) is 0. The first-order chi connectivity index (χ1) is 8.83. The summed E-state index contributed by atoms with van der Waals surface area (Å²) in [6, 6.07) is 14.4. The van der Waals surface area contributed by atoms with Gasteiger partial charge in [0.2, 0.25) is 0 Å². The van der Waals surface area contributed by atoms with E-state index in [0.29, 0.717) is 0 Å². The normalized spacial score (nSPS) is 11.6. The van der Waals surface area contributed by atoms with Crippen LogP contribution in [-0.2, 0) is 0 Å². The smallest absolute Gasteiger partial charge is 0.125 e. The number of halogens is 1. The summed E-state index contributed by atoms with van der Waals surface area (Å²) in [6.07, 6.45) is 1.94. The molecule has 0 saturated carbocycles. The molecular weight excluding hydrogens is 262 g/mol. The summed E-state index contributed by atoms with van der Waals surface area (Å²) in [4.78, 5) is 5.63. The van der Waals surface area contributed by atoms with Crippen molar-refractivity contribution in [2.45, 2.75) is 0 Å². The molecule has 3 heteroatoms. The Bertz CT molecular complexity index is 895. The third kappa shape index (κ3) is 1.36. The van der Waals surface area contributed by atoms with E-state index in [1.54, 1.807) is 11.3 Å².